The maximum atomic E-state index is 12.3. The number of nitrogens with one attached hydrogen (secondary N) is 2. The van der Waals surface area contributed by atoms with Crippen LogP contribution in [0, 0.1) is 0 Å². The van der Waals surface area contributed by atoms with Crippen molar-refractivity contribution >= 4 is 45.6 Å². The lowest BCUT2D eigenvalue weighted by Crippen LogP contribution is -2.25. The number of aromatic nitrogens is 1. The molecule has 2 amide bonds. The van der Waals surface area contributed by atoms with E-state index >= 15 is 0 Å². The van der Waals surface area contributed by atoms with Crippen LogP contribution >= 0.6 is 22.9 Å². The van der Waals surface area contributed by atoms with Crippen LogP contribution in [-0.2, 0) is 4.79 Å². The highest BCUT2D eigenvalue weighted by Gasteiger charge is 2.17. The molecule has 0 unspecified atom stereocenters. The largest absolute Gasteiger partial charge is 0.482 e. The van der Waals surface area contributed by atoms with E-state index in [4.69, 9.17) is 16.3 Å². The summed E-state index contributed by atoms with van der Waals surface area (Å²) >= 11 is 7.35. The monoisotopic (exact) mass is 385 g/mol. The fourth-order valence-electron chi connectivity index (χ4n) is 2.52. The molecule has 26 heavy (non-hydrogen) atoms. The molecule has 1 aliphatic rings. The summed E-state index contributed by atoms with van der Waals surface area (Å²) in [5.41, 5.74) is 2.49. The van der Waals surface area contributed by atoms with Crippen molar-refractivity contribution in [2.45, 2.75) is 0 Å². The molecule has 130 valence electrons. The second-order valence-corrected chi connectivity index (χ2v) is 6.78. The average molecular weight is 386 g/mol. The molecule has 6 nitrogen and oxygen atoms in total. The molecule has 1 aliphatic heterocycles. The smallest absolute Gasteiger partial charge is 0.262 e. The number of benzene rings is 2. The van der Waals surface area contributed by atoms with Gasteiger partial charge in [-0.2, -0.15) is 0 Å². The first-order valence-corrected chi connectivity index (χ1v) is 8.94. The minimum atomic E-state index is -0.317. The van der Waals surface area contributed by atoms with E-state index < -0.39 is 0 Å². The summed E-state index contributed by atoms with van der Waals surface area (Å²) in [6, 6.07) is 12.2. The molecular weight excluding hydrogens is 374 g/mol. The van der Waals surface area contributed by atoms with Gasteiger partial charge in [-0.25, -0.2) is 4.98 Å². The summed E-state index contributed by atoms with van der Waals surface area (Å²) in [6.07, 6.45) is 0. The molecular formula is C18H12ClN3O3S. The van der Waals surface area contributed by atoms with Gasteiger partial charge in [-0.1, -0.05) is 23.7 Å². The molecule has 0 bridgehead atoms. The van der Waals surface area contributed by atoms with Gasteiger partial charge >= 0.3 is 0 Å². The molecule has 2 heterocycles. The van der Waals surface area contributed by atoms with Gasteiger partial charge in [0.25, 0.3) is 11.8 Å². The molecule has 2 N–H and O–H groups in total. The second kappa shape index (κ2) is 6.78. The van der Waals surface area contributed by atoms with E-state index in [-0.39, 0.29) is 18.4 Å². The van der Waals surface area contributed by atoms with Crippen molar-refractivity contribution in [1.29, 1.82) is 0 Å². The van der Waals surface area contributed by atoms with E-state index in [0.29, 0.717) is 32.8 Å². The highest BCUT2D eigenvalue weighted by Crippen LogP contribution is 2.34. The molecule has 1 aromatic heterocycles. The molecule has 0 saturated heterocycles. The summed E-state index contributed by atoms with van der Waals surface area (Å²) in [4.78, 5) is 28.2. The van der Waals surface area contributed by atoms with Crippen LogP contribution < -0.4 is 15.4 Å². The second-order valence-electron chi connectivity index (χ2n) is 5.52. The van der Waals surface area contributed by atoms with Crippen LogP contribution in [0.15, 0.2) is 47.8 Å². The van der Waals surface area contributed by atoms with Crippen LogP contribution in [0.4, 0.5) is 10.8 Å². The normalized spacial score (nSPS) is 12.7. The number of amides is 2. The zero-order valence-electron chi connectivity index (χ0n) is 13.3. The standard InChI is InChI=1S/C18H12ClN3O3S/c19-12-4-2-1-3-11(12)17(24)22-18-21-14(9-26-18)10-5-6-15-13(7-10)20-16(23)8-25-15/h1-7,9H,8H2,(H,20,23)(H,21,22,24). The fourth-order valence-corrected chi connectivity index (χ4v) is 3.45. The number of hydrogen-bond donors (Lipinski definition) is 2. The van der Waals surface area contributed by atoms with E-state index in [2.05, 4.69) is 15.6 Å². The zero-order chi connectivity index (χ0) is 18.1. The van der Waals surface area contributed by atoms with Crippen molar-refractivity contribution in [3.8, 4) is 17.0 Å². The number of nitrogens with zero attached hydrogens (tertiary/aromatic N) is 1. The molecule has 0 atom stereocenters. The summed E-state index contributed by atoms with van der Waals surface area (Å²) < 4.78 is 5.35. The zero-order valence-corrected chi connectivity index (χ0v) is 14.9. The molecule has 3 aromatic rings. The minimum absolute atomic E-state index is 0.0152. The number of ether oxygens (including phenoxy) is 1. The number of rotatable bonds is 3. The Morgan fingerprint density at radius 2 is 2.12 bits per heavy atom. The minimum Gasteiger partial charge on any atom is -0.482 e. The average Bonchev–Trinajstić information content (AvgIpc) is 3.10. The van der Waals surface area contributed by atoms with Gasteiger partial charge in [0.15, 0.2) is 11.7 Å². The number of fused-ring (bicyclic) bond motifs is 1. The molecule has 0 radical (unpaired) electrons. The third-order valence-corrected chi connectivity index (χ3v) is 4.84. The highest BCUT2D eigenvalue weighted by atomic mass is 35.5. The van der Waals surface area contributed by atoms with E-state index in [0.717, 1.165) is 5.56 Å². The van der Waals surface area contributed by atoms with Crippen LogP contribution in [0.1, 0.15) is 10.4 Å². The molecule has 0 aliphatic carbocycles. The Morgan fingerprint density at radius 3 is 2.96 bits per heavy atom. The fraction of sp³-hybridized carbons (Fsp3) is 0.0556. The Balaban J connectivity index is 1.55. The lowest BCUT2D eigenvalue weighted by atomic mass is 10.1. The summed E-state index contributed by atoms with van der Waals surface area (Å²) in [5.74, 6) is 0.110. The van der Waals surface area contributed by atoms with Gasteiger partial charge in [0.05, 0.1) is 22.0 Å². The third-order valence-electron chi connectivity index (χ3n) is 3.75. The van der Waals surface area contributed by atoms with Crippen LogP contribution in [0.25, 0.3) is 11.3 Å². The third kappa shape index (κ3) is 3.26. The van der Waals surface area contributed by atoms with Crippen molar-refractivity contribution in [3.63, 3.8) is 0 Å². The molecule has 8 heteroatoms. The van der Waals surface area contributed by atoms with Crippen LogP contribution in [0.2, 0.25) is 5.02 Å². The maximum absolute atomic E-state index is 12.3. The molecule has 0 saturated carbocycles. The Morgan fingerprint density at radius 1 is 1.27 bits per heavy atom. The topological polar surface area (TPSA) is 80.3 Å². The SMILES string of the molecule is O=C1COc2ccc(-c3csc(NC(=O)c4ccccc4Cl)n3)cc2N1. The summed E-state index contributed by atoms with van der Waals surface area (Å²) in [6.45, 7) is 0.0152. The first-order valence-electron chi connectivity index (χ1n) is 7.68. The predicted molar refractivity (Wildman–Crippen MR) is 101 cm³/mol. The number of anilines is 2. The number of carbonyl (C=O) groups excluding carboxylic acids is 2. The molecule has 2 aromatic carbocycles. The van der Waals surface area contributed by atoms with Gasteiger partial charge in [-0.15, -0.1) is 11.3 Å². The lowest BCUT2D eigenvalue weighted by molar-refractivity contribution is -0.118. The van der Waals surface area contributed by atoms with E-state index in [9.17, 15) is 9.59 Å². The van der Waals surface area contributed by atoms with Crippen molar-refractivity contribution in [2.24, 2.45) is 0 Å². The maximum Gasteiger partial charge on any atom is 0.262 e. The van der Waals surface area contributed by atoms with Crippen molar-refractivity contribution in [3.05, 3.63) is 58.4 Å². The first kappa shape index (κ1) is 16.6. The molecule has 0 fully saturated rings. The van der Waals surface area contributed by atoms with Crippen LogP contribution in [-0.4, -0.2) is 23.4 Å². The Bertz CT molecular complexity index is 1020. The summed E-state index contributed by atoms with van der Waals surface area (Å²) in [5, 5.41) is 8.18. The van der Waals surface area contributed by atoms with Crippen LogP contribution in [0.5, 0.6) is 5.75 Å². The predicted octanol–water partition coefficient (Wildman–Crippen LogP) is 4.05. The lowest BCUT2D eigenvalue weighted by Gasteiger charge is -2.18. The Kier molecular flexibility index (Phi) is 4.32. The number of thiazole rings is 1. The Hall–Kier alpha value is -2.90. The summed E-state index contributed by atoms with van der Waals surface area (Å²) in [7, 11) is 0. The first-order chi connectivity index (χ1) is 12.6. The van der Waals surface area contributed by atoms with Crippen molar-refractivity contribution < 1.29 is 14.3 Å². The number of carbonyl (C=O) groups is 2. The van der Waals surface area contributed by atoms with E-state index in [1.807, 2.05) is 11.4 Å². The quantitative estimate of drug-likeness (QED) is 0.712. The van der Waals surface area contributed by atoms with Crippen molar-refractivity contribution in [2.75, 3.05) is 17.2 Å². The van der Waals surface area contributed by atoms with Gasteiger partial charge < -0.3 is 10.1 Å². The van der Waals surface area contributed by atoms with Gasteiger partial charge in [0, 0.05) is 10.9 Å². The van der Waals surface area contributed by atoms with Gasteiger partial charge in [0.2, 0.25) is 0 Å². The molecule has 0 spiro atoms. The van der Waals surface area contributed by atoms with Gasteiger partial charge in [-0.05, 0) is 30.3 Å². The number of hydrogen-bond acceptors (Lipinski definition) is 5. The van der Waals surface area contributed by atoms with Gasteiger partial charge in [0.1, 0.15) is 5.75 Å². The van der Waals surface area contributed by atoms with Gasteiger partial charge in [-0.3, -0.25) is 14.9 Å². The van der Waals surface area contributed by atoms with Crippen LogP contribution in [0.3, 0.4) is 0 Å². The number of halogens is 1. The molecule has 4 rings (SSSR count). The van der Waals surface area contributed by atoms with Crippen molar-refractivity contribution in [1.82, 2.24) is 4.98 Å². The van der Waals surface area contributed by atoms with E-state index in [1.54, 1.807) is 36.4 Å². The van der Waals surface area contributed by atoms with E-state index in [1.165, 1.54) is 11.3 Å². The Labute approximate surface area is 157 Å². The highest BCUT2D eigenvalue weighted by molar-refractivity contribution is 7.14.